The first-order valence-corrected chi connectivity index (χ1v) is 6.83. The normalized spacial score (nSPS) is 16.8. The molecule has 0 aliphatic carbocycles. The van der Waals surface area contributed by atoms with E-state index in [2.05, 4.69) is 5.32 Å². The van der Waals surface area contributed by atoms with Gasteiger partial charge in [-0.1, -0.05) is 6.92 Å². The van der Waals surface area contributed by atoms with Crippen LogP contribution in [0.3, 0.4) is 0 Å². The first-order chi connectivity index (χ1) is 8.63. The van der Waals surface area contributed by atoms with Crippen LogP contribution in [0.25, 0.3) is 0 Å². The zero-order valence-corrected chi connectivity index (χ0v) is 11.2. The summed E-state index contributed by atoms with van der Waals surface area (Å²) < 4.78 is 0. The topological polar surface area (TPSA) is 69.6 Å². The summed E-state index contributed by atoms with van der Waals surface area (Å²) in [5, 5.41) is 11.8. The minimum atomic E-state index is -0.723. The summed E-state index contributed by atoms with van der Waals surface area (Å²) in [6.07, 6.45) is 3.45. The Morgan fingerprint density at radius 3 is 2.50 bits per heavy atom. The molecule has 1 heterocycles. The highest BCUT2D eigenvalue weighted by atomic mass is 16.4. The highest BCUT2D eigenvalue weighted by Gasteiger charge is 2.22. The average molecular weight is 256 g/mol. The molecule has 1 aliphatic heterocycles. The Morgan fingerprint density at radius 2 is 1.94 bits per heavy atom. The zero-order chi connectivity index (χ0) is 13.4. The number of rotatable bonds is 7. The number of carbonyl (C=O) groups is 2. The molecule has 0 saturated carbocycles. The van der Waals surface area contributed by atoms with Gasteiger partial charge in [-0.2, -0.15) is 0 Å². The van der Waals surface area contributed by atoms with Gasteiger partial charge in [0.15, 0.2) is 0 Å². The smallest absolute Gasteiger partial charge is 0.303 e. The monoisotopic (exact) mass is 256 g/mol. The number of carbonyl (C=O) groups excluding carboxylic acids is 1. The van der Waals surface area contributed by atoms with Gasteiger partial charge in [-0.15, -0.1) is 0 Å². The van der Waals surface area contributed by atoms with Gasteiger partial charge in [0.1, 0.15) is 0 Å². The van der Waals surface area contributed by atoms with Gasteiger partial charge in [-0.3, -0.25) is 9.59 Å². The molecule has 0 atom stereocenters. The molecule has 1 rings (SSSR count). The molecule has 2 N–H and O–H groups in total. The van der Waals surface area contributed by atoms with E-state index < -0.39 is 5.97 Å². The minimum absolute atomic E-state index is 0.215. The predicted molar refractivity (Wildman–Crippen MR) is 69.3 cm³/mol. The molecule has 0 unspecified atom stereocenters. The van der Waals surface area contributed by atoms with Gasteiger partial charge in [-0.05, 0) is 31.7 Å². The van der Waals surface area contributed by atoms with Crippen molar-refractivity contribution >= 4 is 11.9 Å². The maximum atomic E-state index is 11.8. The number of hydrogen-bond acceptors (Lipinski definition) is 3. The van der Waals surface area contributed by atoms with Crippen molar-refractivity contribution in [3.8, 4) is 0 Å². The lowest BCUT2D eigenvalue weighted by molar-refractivity contribution is -0.138. The fourth-order valence-electron chi connectivity index (χ4n) is 2.33. The van der Waals surface area contributed by atoms with Crippen molar-refractivity contribution in [2.24, 2.45) is 5.92 Å². The summed E-state index contributed by atoms with van der Waals surface area (Å²) in [5.74, 6) is -0.0364. The fraction of sp³-hybridized carbons (Fsp3) is 0.846. The van der Waals surface area contributed by atoms with E-state index in [1.54, 1.807) is 0 Å². The molecule has 0 aromatic carbocycles. The van der Waals surface area contributed by atoms with Crippen molar-refractivity contribution in [2.45, 2.75) is 39.0 Å². The van der Waals surface area contributed by atoms with Crippen LogP contribution in [-0.4, -0.2) is 48.1 Å². The maximum absolute atomic E-state index is 11.8. The molecule has 18 heavy (non-hydrogen) atoms. The van der Waals surface area contributed by atoms with Gasteiger partial charge in [-0.25, -0.2) is 0 Å². The summed E-state index contributed by atoms with van der Waals surface area (Å²) in [4.78, 5) is 24.2. The number of carboxylic acids is 1. The zero-order valence-electron chi connectivity index (χ0n) is 11.2. The molecule has 0 bridgehead atoms. The lowest BCUT2D eigenvalue weighted by atomic mass is 9.92. The number of amides is 1. The van der Waals surface area contributed by atoms with Gasteiger partial charge in [0.2, 0.25) is 5.91 Å². The third-order valence-electron chi connectivity index (χ3n) is 3.50. The molecular formula is C13H24N2O3. The van der Waals surface area contributed by atoms with Crippen LogP contribution in [0.5, 0.6) is 0 Å². The molecule has 1 aliphatic rings. The van der Waals surface area contributed by atoms with Gasteiger partial charge >= 0.3 is 5.97 Å². The number of nitrogens with zero attached hydrogens (tertiary/aromatic N) is 1. The van der Waals surface area contributed by atoms with Crippen molar-refractivity contribution < 1.29 is 14.7 Å². The number of aliphatic carboxylic acids is 1. The summed E-state index contributed by atoms with van der Waals surface area (Å²) in [5.41, 5.74) is 0. The molecule has 5 nitrogen and oxygen atoms in total. The maximum Gasteiger partial charge on any atom is 0.303 e. The largest absolute Gasteiger partial charge is 0.481 e. The third kappa shape index (κ3) is 5.49. The van der Waals surface area contributed by atoms with E-state index in [0.29, 0.717) is 12.3 Å². The third-order valence-corrected chi connectivity index (χ3v) is 3.50. The number of hydrogen-bond donors (Lipinski definition) is 2. The SMILES string of the molecule is CCNCCC(=O)N1CCC(CCC(=O)O)CC1. The quantitative estimate of drug-likeness (QED) is 0.669. The van der Waals surface area contributed by atoms with Crippen LogP contribution in [0.4, 0.5) is 0 Å². The predicted octanol–water partition coefficient (Wildman–Crippen LogP) is 1.09. The van der Waals surface area contributed by atoms with Gasteiger partial charge < -0.3 is 15.3 Å². The number of likely N-dealkylation sites (tertiary alicyclic amines) is 1. The van der Waals surface area contributed by atoms with E-state index in [9.17, 15) is 9.59 Å². The van der Waals surface area contributed by atoms with E-state index in [-0.39, 0.29) is 12.3 Å². The molecule has 1 amide bonds. The van der Waals surface area contributed by atoms with Crippen molar-refractivity contribution in [2.75, 3.05) is 26.2 Å². The summed E-state index contributed by atoms with van der Waals surface area (Å²) in [7, 11) is 0. The Hall–Kier alpha value is -1.10. The number of carboxylic acid groups (broad SMARTS) is 1. The van der Waals surface area contributed by atoms with Gasteiger partial charge in [0.25, 0.3) is 0 Å². The lowest BCUT2D eigenvalue weighted by Crippen LogP contribution is -2.39. The first-order valence-electron chi connectivity index (χ1n) is 6.83. The van der Waals surface area contributed by atoms with Crippen LogP contribution in [0.15, 0.2) is 0 Å². The highest BCUT2D eigenvalue weighted by molar-refractivity contribution is 5.76. The van der Waals surface area contributed by atoms with Crippen LogP contribution in [0, 0.1) is 5.92 Å². The fourth-order valence-corrected chi connectivity index (χ4v) is 2.33. The van der Waals surface area contributed by atoms with E-state index >= 15 is 0 Å². The van der Waals surface area contributed by atoms with Crippen LogP contribution in [0.2, 0.25) is 0 Å². The van der Waals surface area contributed by atoms with Crippen LogP contribution in [0.1, 0.15) is 39.0 Å². The highest BCUT2D eigenvalue weighted by Crippen LogP contribution is 2.22. The molecule has 1 saturated heterocycles. The Kier molecular flexibility index (Phi) is 6.72. The summed E-state index contributed by atoms with van der Waals surface area (Å²) in [6, 6.07) is 0. The number of nitrogens with one attached hydrogen (secondary N) is 1. The molecule has 1 fully saturated rings. The Morgan fingerprint density at radius 1 is 1.28 bits per heavy atom. The summed E-state index contributed by atoms with van der Waals surface area (Å²) in [6.45, 7) is 5.24. The minimum Gasteiger partial charge on any atom is -0.481 e. The van der Waals surface area contributed by atoms with Crippen molar-refractivity contribution in [1.29, 1.82) is 0 Å². The molecule has 0 aromatic heterocycles. The molecule has 0 radical (unpaired) electrons. The molecule has 0 aromatic rings. The van der Waals surface area contributed by atoms with E-state index in [0.717, 1.165) is 45.4 Å². The van der Waals surface area contributed by atoms with E-state index in [4.69, 9.17) is 5.11 Å². The van der Waals surface area contributed by atoms with Gasteiger partial charge in [0.05, 0.1) is 0 Å². The second-order valence-electron chi connectivity index (χ2n) is 4.86. The Labute approximate surface area is 109 Å². The first kappa shape index (κ1) is 15.0. The van der Waals surface area contributed by atoms with E-state index in [1.807, 2.05) is 11.8 Å². The molecule has 104 valence electrons. The van der Waals surface area contributed by atoms with Crippen molar-refractivity contribution in [3.63, 3.8) is 0 Å². The molecule has 5 heteroatoms. The van der Waals surface area contributed by atoms with E-state index in [1.165, 1.54) is 0 Å². The average Bonchev–Trinajstić information content (AvgIpc) is 2.37. The Balaban J connectivity index is 2.17. The van der Waals surface area contributed by atoms with Crippen molar-refractivity contribution in [3.05, 3.63) is 0 Å². The van der Waals surface area contributed by atoms with Crippen molar-refractivity contribution in [1.82, 2.24) is 10.2 Å². The van der Waals surface area contributed by atoms with Crippen LogP contribution < -0.4 is 5.32 Å². The molecular weight excluding hydrogens is 232 g/mol. The van der Waals surface area contributed by atoms with Crippen LogP contribution >= 0.6 is 0 Å². The second kappa shape index (κ2) is 8.08. The van der Waals surface area contributed by atoms with Gasteiger partial charge in [0, 0.05) is 32.5 Å². The van der Waals surface area contributed by atoms with Crippen LogP contribution in [-0.2, 0) is 9.59 Å². The summed E-state index contributed by atoms with van der Waals surface area (Å²) >= 11 is 0. The molecule has 0 spiro atoms. The number of piperidine rings is 1. The lowest BCUT2D eigenvalue weighted by Gasteiger charge is -2.32. The Bertz CT molecular complexity index is 273. The standard InChI is InChI=1S/C13H24N2O3/c1-2-14-8-5-12(16)15-9-6-11(7-10-15)3-4-13(17)18/h11,14H,2-10H2,1H3,(H,17,18). The second-order valence-corrected chi connectivity index (χ2v) is 4.86.